The number of hydrogen-bond donors (Lipinski definition) is 1. The molecular weight excluding hydrogens is 357 g/mol. The summed E-state index contributed by atoms with van der Waals surface area (Å²) in [7, 11) is 1.65. The smallest absolute Gasteiger partial charge is 0.245 e. The van der Waals surface area contributed by atoms with Crippen LogP contribution in [0.15, 0.2) is 54.2 Å². The number of carbonyl (C=O) groups is 1. The summed E-state index contributed by atoms with van der Waals surface area (Å²) in [5.41, 5.74) is 9.32. The van der Waals surface area contributed by atoms with Gasteiger partial charge >= 0.3 is 0 Å². The Bertz CT molecular complexity index is 936. The van der Waals surface area contributed by atoms with Crippen molar-refractivity contribution in [2.45, 2.75) is 12.3 Å². The van der Waals surface area contributed by atoms with Gasteiger partial charge < -0.3 is 10.6 Å². The maximum absolute atomic E-state index is 13.2. The zero-order chi connectivity index (χ0) is 20.1. The maximum atomic E-state index is 13.2. The highest BCUT2D eigenvalue weighted by Gasteiger charge is 2.30. The summed E-state index contributed by atoms with van der Waals surface area (Å²) in [6, 6.07) is 6.05. The lowest BCUT2D eigenvalue weighted by molar-refractivity contribution is -0.125. The normalized spacial score (nSPS) is 17.3. The molecule has 28 heavy (non-hydrogen) atoms. The van der Waals surface area contributed by atoms with Gasteiger partial charge in [0.1, 0.15) is 11.5 Å². The van der Waals surface area contributed by atoms with Crippen LogP contribution in [0.4, 0.5) is 4.39 Å². The minimum atomic E-state index is -0.315. The number of aromatic nitrogens is 2. The zero-order valence-corrected chi connectivity index (χ0v) is 15.7. The summed E-state index contributed by atoms with van der Waals surface area (Å²) in [5, 5.41) is 0. The molecule has 6 nitrogen and oxygen atoms in total. The number of amides is 1. The zero-order valence-electron chi connectivity index (χ0n) is 15.7. The second-order valence-electron chi connectivity index (χ2n) is 6.50. The number of benzene rings is 1. The SMILES string of the molecule is C=CC(=O)N1CCC(c2ncc(-c3ccc(F)cc3)nc2/C(N)=C/C=NC)C1. The van der Waals surface area contributed by atoms with Crippen LogP contribution in [-0.2, 0) is 4.79 Å². The van der Waals surface area contributed by atoms with Crippen molar-refractivity contribution >= 4 is 17.8 Å². The standard InChI is InChI=1S/C21H22FN5O/c1-3-19(28)27-11-9-15(13-27)20-21(17(23)8-10-24-2)26-18(12-25-20)14-4-6-16(22)7-5-14/h3-8,10,12,15H,1,9,11,13,23H2,2H3/b17-8-,24-10?. The van der Waals surface area contributed by atoms with Crippen molar-refractivity contribution in [1.82, 2.24) is 14.9 Å². The van der Waals surface area contributed by atoms with Crippen LogP contribution >= 0.6 is 0 Å². The van der Waals surface area contributed by atoms with Gasteiger partial charge in [-0.2, -0.15) is 0 Å². The highest BCUT2D eigenvalue weighted by molar-refractivity contribution is 5.87. The molecule has 1 fully saturated rings. The summed E-state index contributed by atoms with van der Waals surface area (Å²) in [6.07, 6.45) is 7.01. The van der Waals surface area contributed by atoms with Crippen LogP contribution in [-0.4, -0.2) is 47.1 Å². The van der Waals surface area contributed by atoms with Crippen molar-refractivity contribution in [3.05, 3.63) is 66.4 Å². The third-order valence-electron chi connectivity index (χ3n) is 4.68. The Kier molecular flexibility index (Phi) is 5.93. The molecule has 1 saturated heterocycles. The fourth-order valence-corrected chi connectivity index (χ4v) is 3.22. The van der Waals surface area contributed by atoms with Gasteiger partial charge in [0.25, 0.3) is 0 Å². The minimum Gasteiger partial charge on any atom is -0.397 e. The molecule has 144 valence electrons. The number of nitrogens with two attached hydrogens (primary N) is 1. The van der Waals surface area contributed by atoms with Gasteiger partial charge in [-0.15, -0.1) is 0 Å². The van der Waals surface area contributed by atoms with E-state index in [1.54, 1.807) is 42.6 Å². The van der Waals surface area contributed by atoms with Crippen LogP contribution in [0, 0.1) is 5.82 Å². The van der Waals surface area contributed by atoms with Gasteiger partial charge in [0, 0.05) is 37.8 Å². The topological polar surface area (TPSA) is 84.5 Å². The molecule has 2 aromatic rings. The maximum Gasteiger partial charge on any atom is 0.245 e. The van der Waals surface area contributed by atoms with Crippen molar-refractivity contribution in [2.24, 2.45) is 10.7 Å². The van der Waals surface area contributed by atoms with E-state index >= 15 is 0 Å². The van der Waals surface area contributed by atoms with E-state index in [0.717, 1.165) is 17.7 Å². The lowest BCUT2D eigenvalue weighted by Gasteiger charge is -2.17. The predicted octanol–water partition coefficient (Wildman–Crippen LogP) is 2.78. The monoisotopic (exact) mass is 379 g/mol. The van der Waals surface area contributed by atoms with Crippen LogP contribution in [0.5, 0.6) is 0 Å². The number of halogens is 1. The summed E-state index contributed by atoms with van der Waals surface area (Å²) in [4.78, 5) is 26.9. The molecule has 0 bridgehead atoms. The van der Waals surface area contributed by atoms with Gasteiger partial charge in [-0.25, -0.2) is 9.37 Å². The van der Waals surface area contributed by atoms with Gasteiger partial charge in [0.05, 0.1) is 23.3 Å². The van der Waals surface area contributed by atoms with E-state index in [2.05, 4.69) is 16.6 Å². The Hall–Kier alpha value is -3.35. The van der Waals surface area contributed by atoms with E-state index in [1.165, 1.54) is 18.2 Å². The molecule has 1 unspecified atom stereocenters. The molecule has 1 aliphatic rings. The quantitative estimate of drug-likeness (QED) is 0.639. The number of carbonyl (C=O) groups excluding carboxylic acids is 1. The molecule has 3 rings (SSSR count). The lowest BCUT2D eigenvalue weighted by Crippen LogP contribution is -2.26. The number of rotatable bonds is 5. The first-order chi connectivity index (χ1) is 13.5. The van der Waals surface area contributed by atoms with Crippen LogP contribution in [0.2, 0.25) is 0 Å². The Morgan fingerprint density at radius 2 is 2.14 bits per heavy atom. The third-order valence-corrected chi connectivity index (χ3v) is 4.68. The van der Waals surface area contributed by atoms with E-state index in [9.17, 15) is 9.18 Å². The highest BCUT2D eigenvalue weighted by Crippen LogP contribution is 2.31. The molecule has 1 aromatic heterocycles. The van der Waals surface area contributed by atoms with Crippen LogP contribution in [0.25, 0.3) is 17.0 Å². The lowest BCUT2D eigenvalue weighted by atomic mass is 10.00. The molecule has 2 heterocycles. The number of hydrogen-bond acceptors (Lipinski definition) is 5. The van der Waals surface area contributed by atoms with E-state index in [-0.39, 0.29) is 17.6 Å². The molecule has 1 aliphatic heterocycles. The van der Waals surface area contributed by atoms with E-state index in [4.69, 9.17) is 10.7 Å². The average Bonchev–Trinajstić information content (AvgIpc) is 3.21. The molecule has 1 aromatic carbocycles. The van der Waals surface area contributed by atoms with E-state index in [1.807, 2.05) is 0 Å². The molecule has 0 aliphatic carbocycles. The van der Waals surface area contributed by atoms with E-state index < -0.39 is 0 Å². The largest absolute Gasteiger partial charge is 0.397 e. The minimum absolute atomic E-state index is 0.0270. The third kappa shape index (κ3) is 4.14. The number of aliphatic imine (C=N–C) groups is 1. The molecule has 7 heteroatoms. The van der Waals surface area contributed by atoms with Crippen LogP contribution < -0.4 is 5.73 Å². The molecule has 0 radical (unpaired) electrons. The molecule has 0 spiro atoms. The van der Waals surface area contributed by atoms with Crippen LogP contribution in [0.3, 0.4) is 0 Å². The Morgan fingerprint density at radius 1 is 1.39 bits per heavy atom. The van der Waals surface area contributed by atoms with Gasteiger partial charge in [0.2, 0.25) is 5.91 Å². The molecule has 2 N–H and O–H groups in total. The Balaban J connectivity index is 2.01. The second-order valence-corrected chi connectivity index (χ2v) is 6.50. The van der Waals surface area contributed by atoms with Crippen molar-refractivity contribution in [3.63, 3.8) is 0 Å². The van der Waals surface area contributed by atoms with E-state index in [0.29, 0.717) is 30.2 Å². The first-order valence-corrected chi connectivity index (χ1v) is 8.96. The summed E-state index contributed by atoms with van der Waals surface area (Å²) >= 11 is 0. The van der Waals surface area contributed by atoms with Gasteiger partial charge in [-0.05, 0) is 42.8 Å². The van der Waals surface area contributed by atoms with Crippen molar-refractivity contribution in [1.29, 1.82) is 0 Å². The molecule has 1 atom stereocenters. The molecule has 1 amide bonds. The Morgan fingerprint density at radius 3 is 2.82 bits per heavy atom. The average molecular weight is 379 g/mol. The van der Waals surface area contributed by atoms with Crippen molar-refractivity contribution in [3.8, 4) is 11.3 Å². The summed E-state index contributed by atoms with van der Waals surface area (Å²) in [5.74, 6) is -0.384. The highest BCUT2D eigenvalue weighted by atomic mass is 19.1. The fraction of sp³-hybridized carbons (Fsp3) is 0.238. The first kappa shape index (κ1) is 19.4. The number of likely N-dealkylation sites (tertiary alicyclic amines) is 1. The Labute approximate surface area is 163 Å². The van der Waals surface area contributed by atoms with Crippen molar-refractivity contribution < 1.29 is 9.18 Å². The molecule has 0 saturated carbocycles. The van der Waals surface area contributed by atoms with Gasteiger partial charge in [0.15, 0.2) is 0 Å². The number of nitrogens with zero attached hydrogens (tertiary/aromatic N) is 4. The second kappa shape index (κ2) is 8.56. The molecular formula is C21H22FN5O. The first-order valence-electron chi connectivity index (χ1n) is 8.96. The summed E-state index contributed by atoms with van der Waals surface area (Å²) in [6.45, 7) is 4.72. The summed E-state index contributed by atoms with van der Waals surface area (Å²) < 4.78 is 13.2. The van der Waals surface area contributed by atoms with Crippen molar-refractivity contribution in [2.75, 3.05) is 20.1 Å². The van der Waals surface area contributed by atoms with Gasteiger partial charge in [-0.3, -0.25) is 14.8 Å². The fourth-order valence-electron chi connectivity index (χ4n) is 3.22. The predicted molar refractivity (Wildman–Crippen MR) is 108 cm³/mol. The van der Waals surface area contributed by atoms with Crippen LogP contribution in [0.1, 0.15) is 23.7 Å². The van der Waals surface area contributed by atoms with Gasteiger partial charge in [-0.1, -0.05) is 6.58 Å². The number of allylic oxidation sites excluding steroid dienone is 1.